The van der Waals surface area contributed by atoms with Crippen molar-refractivity contribution in [2.24, 2.45) is 0 Å². The van der Waals surface area contributed by atoms with Gasteiger partial charge in [-0.15, -0.1) is 0 Å². The fourth-order valence-corrected chi connectivity index (χ4v) is 0.630. The van der Waals surface area contributed by atoms with Gasteiger partial charge < -0.3 is 14.8 Å². The average Bonchev–Trinajstić information content (AvgIpc) is 2.11. The van der Waals surface area contributed by atoms with E-state index in [4.69, 9.17) is 4.79 Å². The van der Waals surface area contributed by atoms with Crippen LogP contribution in [0.5, 0.6) is 0 Å². The monoisotopic (exact) mass is 175 g/mol. The van der Waals surface area contributed by atoms with E-state index in [9.17, 15) is 4.79 Å². The first-order chi connectivity index (χ1) is 5.81. The standard InChI is InChI=1S/C5H8O2.C2H7N.CH2O/c6-5-3-1-2-4-7-5;1-3-2;1-2/h1-4H2;3H,1-2H3;1H2. The van der Waals surface area contributed by atoms with Crippen LogP contribution in [0.25, 0.3) is 0 Å². The predicted molar refractivity (Wildman–Crippen MR) is 46.9 cm³/mol. The van der Waals surface area contributed by atoms with E-state index in [-0.39, 0.29) is 5.97 Å². The topological polar surface area (TPSA) is 55.4 Å². The Morgan fingerprint density at radius 3 is 2.00 bits per heavy atom. The summed E-state index contributed by atoms with van der Waals surface area (Å²) in [5.41, 5.74) is 0. The molecule has 4 nitrogen and oxygen atoms in total. The van der Waals surface area contributed by atoms with E-state index in [2.05, 4.69) is 10.1 Å². The third-order valence-electron chi connectivity index (χ3n) is 1.04. The van der Waals surface area contributed by atoms with E-state index in [0.717, 1.165) is 12.8 Å². The summed E-state index contributed by atoms with van der Waals surface area (Å²) >= 11 is 0. The van der Waals surface area contributed by atoms with Crippen molar-refractivity contribution in [3.63, 3.8) is 0 Å². The van der Waals surface area contributed by atoms with Crippen LogP contribution in [-0.2, 0) is 14.3 Å². The molecule has 1 fully saturated rings. The Morgan fingerprint density at radius 2 is 1.83 bits per heavy atom. The van der Waals surface area contributed by atoms with Crippen LogP contribution in [0, 0.1) is 0 Å². The number of hydrogen-bond acceptors (Lipinski definition) is 4. The average molecular weight is 175 g/mol. The quantitative estimate of drug-likeness (QED) is 0.540. The highest BCUT2D eigenvalue weighted by Crippen LogP contribution is 2.04. The second-order valence-electron chi connectivity index (χ2n) is 2.18. The first-order valence-electron chi connectivity index (χ1n) is 3.84. The van der Waals surface area contributed by atoms with E-state index in [0.29, 0.717) is 13.0 Å². The number of ether oxygens (including phenoxy) is 1. The molecule has 0 aromatic carbocycles. The Bertz CT molecular complexity index is 98.5. The Kier molecular flexibility index (Phi) is 14.5. The Morgan fingerprint density at radius 1 is 1.33 bits per heavy atom. The number of carbonyl (C=O) groups excluding carboxylic acids is 2. The largest absolute Gasteiger partial charge is 0.466 e. The summed E-state index contributed by atoms with van der Waals surface area (Å²) in [6.45, 7) is 2.64. The number of nitrogens with one attached hydrogen (secondary N) is 1. The van der Waals surface area contributed by atoms with Gasteiger partial charge in [-0.05, 0) is 26.9 Å². The highest BCUT2D eigenvalue weighted by atomic mass is 16.5. The molecule has 0 aromatic rings. The van der Waals surface area contributed by atoms with Gasteiger partial charge in [0.05, 0.1) is 6.61 Å². The fraction of sp³-hybridized carbons (Fsp3) is 0.750. The number of cyclic esters (lactones) is 1. The van der Waals surface area contributed by atoms with Gasteiger partial charge in [0.2, 0.25) is 0 Å². The lowest BCUT2D eigenvalue weighted by molar-refractivity contribution is -0.146. The van der Waals surface area contributed by atoms with Gasteiger partial charge in [-0.25, -0.2) is 0 Å². The van der Waals surface area contributed by atoms with Gasteiger partial charge in [0.1, 0.15) is 6.79 Å². The molecule has 1 aliphatic heterocycles. The summed E-state index contributed by atoms with van der Waals surface area (Å²) in [5.74, 6) is -0.0359. The van der Waals surface area contributed by atoms with Crippen molar-refractivity contribution < 1.29 is 14.3 Å². The molecular formula is C8H17NO3. The predicted octanol–water partition coefficient (Wildman–Crippen LogP) is 0.364. The van der Waals surface area contributed by atoms with Gasteiger partial charge >= 0.3 is 5.97 Å². The zero-order valence-corrected chi connectivity index (χ0v) is 7.76. The summed E-state index contributed by atoms with van der Waals surface area (Å²) in [6, 6.07) is 0. The maximum absolute atomic E-state index is 10.2. The molecule has 0 atom stereocenters. The van der Waals surface area contributed by atoms with Crippen molar-refractivity contribution in [1.29, 1.82) is 0 Å². The van der Waals surface area contributed by atoms with Crippen LogP contribution in [0.4, 0.5) is 0 Å². The zero-order chi connectivity index (χ0) is 9.82. The Balaban J connectivity index is 0. The summed E-state index contributed by atoms with van der Waals surface area (Å²) in [7, 11) is 3.75. The highest BCUT2D eigenvalue weighted by molar-refractivity contribution is 5.69. The van der Waals surface area contributed by atoms with E-state index < -0.39 is 0 Å². The number of esters is 1. The molecule has 0 aromatic heterocycles. The first kappa shape index (κ1) is 13.7. The second-order valence-corrected chi connectivity index (χ2v) is 2.18. The van der Waals surface area contributed by atoms with Crippen LogP contribution in [0.3, 0.4) is 0 Å². The zero-order valence-electron chi connectivity index (χ0n) is 7.76. The molecule has 0 bridgehead atoms. The van der Waals surface area contributed by atoms with Crippen molar-refractivity contribution in [3.05, 3.63) is 0 Å². The molecular weight excluding hydrogens is 158 g/mol. The van der Waals surface area contributed by atoms with Crippen LogP contribution in [0.2, 0.25) is 0 Å². The van der Waals surface area contributed by atoms with Crippen molar-refractivity contribution in [2.45, 2.75) is 19.3 Å². The molecule has 1 N–H and O–H groups in total. The maximum Gasteiger partial charge on any atom is 0.305 e. The normalized spacial score (nSPS) is 14.3. The minimum atomic E-state index is -0.0359. The van der Waals surface area contributed by atoms with Gasteiger partial charge in [0, 0.05) is 6.42 Å². The lowest BCUT2D eigenvalue weighted by atomic mass is 10.2. The SMILES string of the molecule is C=O.CNC.O=C1CCCCO1. The summed E-state index contributed by atoms with van der Waals surface area (Å²) in [6.07, 6.45) is 2.69. The van der Waals surface area contributed by atoms with Gasteiger partial charge in [0.15, 0.2) is 0 Å². The van der Waals surface area contributed by atoms with Crippen molar-refractivity contribution in [1.82, 2.24) is 5.32 Å². The van der Waals surface area contributed by atoms with Gasteiger partial charge in [-0.2, -0.15) is 0 Å². The van der Waals surface area contributed by atoms with Gasteiger partial charge in [-0.3, -0.25) is 4.79 Å². The van der Waals surface area contributed by atoms with Crippen molar-refractivity contribution in [3.8, 4) is 0 Å². The number of rotatable bonds is 0. The molecule has 4 heteroatoms. The molecule has 0 aliphatic carbocycles. The molecule has 1 rings (SSSR count). The van der Waals surface area contributed by atoms with Crippen LogP contribution in [0.15, 0.2) is 0 Å². The smallest absolute Gasteiger partial charge is 0.305 e. The molecule has 0 spiro atoms. The molecule has 0 unspecified atom stereocenters. The van der Waals surface area contributed by atoms with Gasteiger partial charge in [0.25, 0.3) is 0 Å². The lowest BCUT2D eigenvalue weighted by Crippen LogP contribution is -2.10. The molecule has 0 saturated carbocycles. The van der Waals surface area contributed by atoms with E-state index in [1.54, 1.807) is 0 Å². The van der Waals surface area contributed by atoms with E-state index in [1.807, 2.05) is 20.9 Å². The highest BCUT2D eigenvalue weighted by Gasteiger charge is 2.06. The number of hydrogen-bond donors (Lipinski definition) is 1. The summed E-state index contributed by atoms with van der Waals surface area (Å²) in [4.78, 5) is 18.2. The lowest BCUT2D eigenvalue weighted by Gasteiger charge is -2.08. The minimum absolute atomic E-state index is 0.0359. The Hall–Kier alpha value is -0.900. The molecule has 72 valence electrons. The summed E-state index contributed by atoms with van der Waals surface area (Å²) < 4.78 is 4.64. The fourth-order valence-electron chi connectivity index (χ4n) is 0.630. The molecule has 0 amide bonds. The maximum atomic E-state index is 10.2. The van der Waals surface area contributed by atoms with Crippen LogP contribution in [-0.4, -0.2) is 33.5 Å². The van der Waals surface area contributed by atoms with Gasteiger partial charge in [-0.1, -0.05) is 0 Å². The van der Waals surface area contributed by atoms with E-state index >= 15 is 0 Å². The molecule has 1 saturated heterocycles. The third kappa shape index (κ3) is 11.8. The Labute approximate surface area is 73.3 Å². The molecule has 1 heterocycles. The summed E-state index contributed by atoms with van der Waals surface area (Å²) in [5, 5.41) is 2.75. The first-order valence-corrected chi connectivity index (χ1v) is 3.84. The minimum Gasteiger partial charge on any atom is -0.466 e. The van der Waals surface area contributed by atoms with Crippen LogP contribution >= 0.6 is 0 Å². The van der Waals surface area contributed by atoms with Crippen LogP contribution < -0.4 is 5.32 Å². The van der Waals surface area contributed by atoms with E-state index in [1.165, 1.54) is 0 Å². The van der Waals surface area contributed by atoms with Crippen molar-refractivity contribution >= 4 is 12.8 Å². The second kappa shape index (κ2) is 12.7. The molecule has 12 heavy (non-hydrogen) atoms. The number of carbonyl (C=O) groups is 2. The molecule has 1 aliphatic rings. The van der Waals surface area contributed by atoms with Crippen molar-refractivity contribution in [2.75, 3.05) is 20.7 Å². The van der Waals surface area contributed by atoms with Crippen LogP contribution in [0.1, 0.15) is 19.3 Å². The third-order valence-corrected chi connectivity index (χ3v) is 1.04. The molecule has 0 radical (unpaired) electrons.